The Bertz CT molecular complexity index is 444. The minimum absolute atomic E-state index is 0.0955. The van der Waals surface area contributed by atoms with E-state index in [0.29, 0.717) is 11.5 Å². The van der Waals surface area contributed by atoms with Gasteiger partial charge < -0.3 is 0 Å². The molecule has 2 unspecified atom stereocenters. The molecule has 1 saturated carbocycles. The number of carbonyl (C=O) groups excluding carboxylic acids is 1. The van der Waals surface area contributed by atoms with Crippen molar-refractivity contribution in [3.8, 4) is 0 Å². The zero-order chi connectivity index (χ0) is 13.1. The Morgan fingerprint density at radius 3 is 2.89 bits per heavy atom. The Balaban J connectivity index is 2.01. The summed E-state index contributed by atoms with van der Waals surface area (Å²) in [6, 6.07) is 4.84. The molecule has 0 saturated heterocycles. The van der Waals surface area contributed by atoms with E-state index in [1.165, 1.54) is 6.07 Å². The fraction of sp³-hybridized carbons (Fsp3) is 0.533. The van der Waals surface area contributed by atoms with Crippen molar-refractivity contribution in [2.45, 2.75) is 39.0 Å². The predicted octanol–water partition coefficient (Wildman–Crippen LogP) is 4.42. The first-order valence-electron chi connectivity index (χ1n) is 6.57. The number of hydrogen-bond acceptors (Lipinski definition) is 1. The van der Waals surface area contributed by atoms with E-state index in [2.05, 4.69) is 6.92 Å². The van der Waals surface area contributed by atoms with Crippen molar-refractivity contribution >= 4 is 17.4 Å². The SMILES string of the molecule is CCC1CCC(C(=O)Cc2cccc(Cl)c2F)C1. The molecule has 1 aliphatic rings. The average Bonchev–Trinajstić information content (AvgIpc) is 2.83. The van der Waals surface area contributed by atoms with E-state index in [1.54, 1.807) is 12.1 Å². The molecule has 3 heteroatoms. The quantitative estimate of drug-likeness (QED) is 0.790. The largest absolute Gasteiger partial charge is 0.299 e. The number of Topliss-reactive ketones (excluding diaryl/α,β-unsaturated/α-hetero) is 1. The number of ketones is 1. The Kier molecular flexibility index (Phi) is 4.39. The van der Waals surface area contributed by atoms with Crippen LogP contribution in [0.2, 0.25) is 5.02 Å². The first kappa shape index (κ1) is 13.5. The van der Waals surface area contributed by atoms with Crippen molar-refractivity contribution in [3.63, 3.8) is 0 Å². The van der Waals surface area contributed by atoms with Gasteiger partial charge in [0.15, 0.2) is 0 Å². The second-order valence-corrected chi connectivity index (χ2v) is 5.55. The van der Waals surface area contributed by atoms with Gasteiger partial charge in [-0.15, -0.1) is 0 Å². The van der Waals surface area contributed by atoms with E-state index >= 15 is 0 Å². The van der Waals surface area contributed by atoms with Crippen molar-refractivity contribution in [1.82, 2.24) is 0 Å². The van der Waals surface area contributed by atoms with Gasteiger partial charge in [-0.2, -0.15) is 0 Å². The zero-order valence-electron chi connectivity index (χ0n) is 10.6. The Hall–Kier alpha value is -0.890. The van der Waals surface area contributed by atoms with Crippen LogP contribution in [0.15, 0.2) is 18.2 Å². The highest BCUT2D eigenvalue weighted by Crippen LogP contribution is 2.34. The van der Waals surface area contributed by atoms with Crippen LogP contribution in [-0.2, 0) is 11.2 Å². The smallest absolute Gasteiger partial charge is 0.145 e. The van der Waals surface area contributed by atoms with Crippen molar-refractivity contribution in [2.75, 3.05) is 0 Å². The van der Waals surface area contributed by atoms with Gasteiger partial charge in [0, 0.05) is 12.3 Å². The fourth-order valence-corrected chi connectivity index (χ4v) is 2.95. The third-order valence-corrected chi connectivity index (χ3v) is 4.26. The van der Waals surface area contributed by atoms with Crippen LogP contribution in [0.1, 0.15) is 38.2 Å². The topological polar surface area (TPSA) is 17.1 Å². The molecular formula is C15H18ClFO. The van der Waals surface area contributed by atoms with Gasteiger partial charge in [-0.05, 0) is 36.8 Å². The molecule has 0 amide bonds. The van der Waals surface area contributed by atoms with E-state index in [4.69, 9.17) is 11.6 Å². The monoisotopic (exact) mass is 268 g/mol. The summed E-state index contributed by atoms with van der Waals surface area (Å²) >= 11 is 5.72. The highest BCUT2D eigenvalue weighted by molar-refractivity contribution is 6.30. The summed E-state index contributed by atoms with van der Waals surface area (Å²) in [5, 5.41) is 0.0955. The van der Waals surface area contributed by atoms with Crippen molar-refractivity contribution in [3.05, 3.63) is 34.6 Å². The number of hydrogen-bond donors (Lipinski definition) is 0. The lowest BCUT2D eigenvalue weighted by Crippen LogP contribution is -2.15. The molecule has 0 heterocycles. The number of halogens is 2. The minimum atomic E-state index is -0.447. The maximum atomic E-state index is 13.7. The van der Waals surface area contributed by atoms with E-state index < -0.39 is 5.82 Å². The molecule has 0 aliphatic heterocycles. The lowest BCUT2D eigenvalue weighted by Gasteiger charge is -2.10. The molecular weight excluding hydrogens is 251 g/mol. The minimum Gasteiger partial charge on any atom is -0.299 e. The van der Waals surface area contributed by atoms with Crippen LogP contribution in [0, 0.1) is 17.7 Å². The van der Waals surface area contributed by atoms with Crippen LogP contribution in [0.4, 0.5) is 4.39 Å². The van der Waals surface area contributed by atoms with Crippen molar-refractivity contribution in [2.24, 2.45) is 11.8 Å². The lowest BCUT2D eigenvalue weighted by atomic mass is 9.95. The van der Waals surface area contributed by atoms with Gasteiger partial charge in [0.2, 0.25) is 0 Å². The number of carbonyl (C=O) groups is 1. The highest BCUT2D eigenvalue weighted by atomic mass is 35.5. The summed E-state index contributed by atoms with van der Waals surface area (Å²) in [5.74, 6) is 0.501. The summed E-state index contributed by atoms with van der Waals surface area (Å²) in [6.07, 6.45) is 4.37. The normalized spacial score (nSPS) is 23.3. The van der Waals surface area contributed by atoms with Crippen molar-refractivity contribution < 1.29 is 9.18 Å². The van der Waals surface area contributed by atoms with Gasteiger partial charge in [0.05, 0.1) is 5.02 Å². The second kappa shape index (κ2) is 5.83. The van der Waals surface area contributed by atoms with Gasteiger partial charge in [-0.3, -0.25) is 4.79 Å². The molecule has 2 rings (SSSR count). The number of rotatable bonds is 4. The first-order chi connectivity index (χ1) is 8.61. The molecule has 1 aliphatic carbocycles. The lowest BCUT2D eigenvalue weighted by molar-refractivity contribution is -0.122. The van der Waals surface area contributed by atoms with Crippen LogP contribution in [-0.4, -0.2) is 5.78 Å². The van der Waals surface area contributed by atoms with Crippen LogP contribution in [0.25, 0.3) is 0 Å². The summed E-state index contributed by atoms with van der Waals surface area (Å²) in [6.45, 7) is 2.16. The fourth-order valence-electron chi connectivity index (χ4n) is 2.76. The molecule has 0 N–H and O–H groups in total. The Labute approximate surface area is 112 Å². The predicted molar refractivity (Wildman–Crippen MR) is 71.2 cm³/mol. The van der Waals surface area contributed by atoms with Crippen LogP contribution in [0.3, 0.4) is 0 Å². The molecule has 18 heavy (non-hydrogen) atoms. The molecule has 2 atom stereocenters. The van der Waals surface area contributed by atoms with E-state index in [0.717, 1.165) is 25.7 Å². The van der Waals surface area contributed by atoms with E-state index in [-0.39, 0.29) is 23.1 Å². The summed E-state index contributed by atoms with van der Waals surface area (Å²) < 4.78 is 13.7. The molecule has 98 valence electrons. The molecule has 1 nitrogen and oxygen atoms in total. The van der Waals surface area contributed by atoms with Gasteiger partial charge in [-0.25, -0.2) is 4.39 Å². The standard InChI is InChI=1S/C15H18ClFO/c1-2-10-6-7-11(8-10)14(18)9-12-4-3-5-13(16)15(12)17/h3-5,10-11H,2,6-9H2,1H3. The van der Waals surface area contributed by atoms with Gasteiger partial charge >= 0.3 is 0 Å². The maximum absolute atomic E-state index is 13.7. The first-order valence-corrected chi connectivity index (χ1v) is 6.95. The second-order valence-electron chi connectivity index (χ2n) is 5.14. The summed E-state index contributed by atoms with van der Waals surface area (Å²) in [4.78, 5) is 12.1. The summed E-state index contributed by atoms with van der Waals surface area (Å²) in [5.41, 5.74) is 0.424. The van der Waals surface area contributed by atoms with E-state index in [9.17, 15) is 9.18 Å². The van der Waals surface area contributed by atoms with Crippen LogP contribution in [0.5, 0.6) is 0 Å². The maximum Gasteiger partial charge on any atom is 0.145 e. The molecule has 1 fully saturated rings. The summed E-state index contributed by atoms with van der Waals surface area (Å²) in [7, 11) is 0. The Morgan fingerprint density at radius 2 is 2.22 bits per heavy atom. The average molecular weight is 269 g/mol. The molecule has 1 aromatic carbocycles. The molecule has 0 radical (unpaired) electrons. The third kappa shape index (κ3) is 2.92. The van der Waals surface area contributed by atoms with E-state index in [1.807, 2.05) is 0 Å². The molecule has 1 aromatic rings. The van der Waals surface area contributed by atoms with Crippen LogP contribution >= 0.6 is 11.6 Å². The zero-order valence-corrected chi connectivity index (χ0v) is 11.3. The molecule has 0 bridgehead atoms. The van der Waals surface area contributed by atoms with Crippen LogP contribution < -0.4 is 0 Å². The molecule has 0 spiro atoms. The van der Waals surface area contributed by atoms with Gasteiger partial charge in [-0.1, -0.05) is 37.1 Å². The van der Waals surface area contributed by atoms with Gasteiger partial charge in [0.25, 0.3) is 0 Å². The third-order valence-electron chi connectivity index (χ3n) is 3.97. The highest BCUT2D eigenvalue weighted by Gasteiger charge is 2.29. The van der Waals surface area contributed by atoms with Crippen molar-refractivity contribution in [1.29, 1.82) is 0 Å². The Morgan fingerprint density at radius 1 is 1.44 bits per heavy atom. The van der Waals surface area contributed by atoms with Gasteiger partial charge in [0.1, 0.15) is 11.6 Å². The molecule has 0 aromatic heterocycles. The number of benzene rings is 1.